The standard InChI is InChI=1S/C12H9BrINO2S/c13-11-3-1-2-4-12(11)15-18(16,17)10-7-5-9(14)6-8-10/h1-8,15H. The molecule has 0 unspecified atom stereocenters. The van der Waals surface area contributed by atoms with Gasteiger partial charge < -0.3 is 0 Å². The minimum Gasteiger partial charge on any atom is -0.278 e. The minimum atomic E-state index is -3.54. The zero-order valence-electron chi connectivity index (χ0n) is 9.10. The van der Waals surface area contributed by atoms with Gasteiger partial charge >= 0.3 is 0 Å². The highest BCUT2D eigenvalue weighted by atomic mass is 127. The summed E-state index contributed by atoms with van der Waals surface area (Å²) in [6.45, 7) is 0. The van der Waals surface area contributed by atoms with Crippen molar-refractivity contribution >= 4 is 54.2 Å². The zero-order chi connectivity index (χ0) is 13.2. The van der Waals surface area contributed by atoms with Crippen LogP contribution in [0.5, 0.6) is 0 Å². The van der Waals surface area contributed by atoms with E-state index in [-0.39, 0.29) is 4.90 Å². The van der Waals surface area contributed by atoms with Crippen molar-refractivity contribution in [3.63, 3.8) is 0 Å². The van der Waals surface area contributed by atoms with Gasteiger partial charge in [0, 0.05) is 8.04 Å². The van der Waals surface area contributed by atoms with Gasteiger partial charge in [-0.2, -0.15) is 0 Å². The highest BCUT2D eigenvalue weighted by molar-refractivity contribution is 14.1. The van der Waals surface area contributed by atoms with E-state index in [0.717, 1.165) is 3.57 Å². The Hall–Kier alpha value is -0.600. The number of hydrogen-bond donors (Lipinski definition) is 1. The van der Waals surface area contributed by atoms with Crippen molar-refractivity contribution in [1.29, 1.82) is 0 Å². The van der Waals surface area contributed by atoms with Gasteiger partial charge in [-0.1, -0.05) is 12.1 Å². The number of benzene rings is 2. The molecule has 18 heavy (non-hydrogen) atoms. The Balaban J connectivity index is 2.33. The fourth-order valence-electron chi connectivity index (χ4n) is 1.36. The molecule has 0 aliphatic heterocycles. The summed E-state index contributed by atoms with van der Waals surface area (Å²) in [5.74, 6) is 0. The van der Waals surface area contributed by atoms with Crippen LogP contribution in [0.15, 0.2) is 57.9 Å². The second-order valence-corrected chi connectivity index (χ2v) is 7.32. The summed E-state index contributed by atoms with van der Waals surface area (Å²) in [4.78, 5) is 0.249. The molecule has 0 aliphatic carbocycles. The number of anilines is 1. The highest BCUT2D eigenvalue weighted by Crippen LogP contribution is 2.24. The van der Waals surface area contributed by atoms with E-state index in [9.17, 15) is 8.42 Å². The lowest BCUT2D eigenvalue weighted by Crippen LogP contribution is -2.13. The normalized spacial score (nSPS) is 11.2. The molecule has 94 valence electrons. The third-order valence-corrected chi connectivity index (χ3v) is 5.03. The minimum absolute atomic E-state index is 0.249. The molecule has 0 fully saturated rings. The molecule has 2 rings (SSSR count). The molecule has 6 heteroatoms. The van der Waals surface area contributed by atoms with Gasteiger partial charge in [0.2, 0.25) is 0 Å². The molecule has 0 bridgehead atoms. The number of para-hydroxylation sites is 1. The van der Waals surface area contributed by atoms with E-state index >= 15 is 0 Å². The Morgan fingerprint density at radius 2 is 1.61 bits per heavy atom. The molecule has 1 N–H and O–H groups in total. The first-order valence-corrected chi connectivity index (χ1v) is 8.37. The molecule has 0 aromatic heterocycles. The van der Waals surface area contributed by atoms with Gasteiger partial charge in [0.1, 0.15) is 0 Å². The summed E-state index contributed by atoms with van der Waals surface area (Å²) in [5.41, 5.74) is 0.524. The van der Waals surface area contributed by atoms with Gasteiger partial charge in [-0.15, -0.1) is 0 Å². The average molecular weight is 438 g/mol. The second-order valence-electron chi connectivity index (χ2n) is 3.54. The number of rotatable bonds is 3. The molecule has 2 aromatic carbocycles. The molecular formula is C12H9BrINO2S. The van der Waals surface area contributed by atoms with E-state index in [1.54, 1.807) is 42.5 Å². The lowest BCUT2D eigenvalue weighted by Gasteiger charge is -2.09. The molecule has 0 spiro atoms. The molecule has 0 heterocycles. The van der Waals surface area contributed by atoms with E-state index in [2.05, 4.69) is 43.2 Å². The number of nitrogens with one attached hydrogen (secondary N) is 1. The van der Waals surface area contributed by atoms with Crippen molar-refractivity contribution in [2.45, 2.75) is 4.90 Å². The van der Waals surface area contributed by atoms with Gasteiger partial charge in [-0.25, -0.2) is 8.42 Å². The fraction of sp³-hybridized carbons (Fsp3) is 0. The Morgan fingerprint density at radius 1 is 1.00 bits per heavy atom. The molecule has 0 atom stereocenters. The van der Waals surface area contributed by atoms with Crippen LogP contribution in [0.3, 0.4) is 0 Å². The van der Waals surface area contributed by atoms with Crippen LogP contribution in [0.2, 0.25) is 0 Å². The van der Waals surface area contributed by atoms with Crippen LogP contribution in [0.4, 0.5) is 5.69 Å². The molecule has 0 radical (unpaired) electrons. The van der Waals surface area contributed by atoms with Crippen molar-refractivity contribution in [1.82, 2.24) is 0 Å². The lowest BCUT2D eigenvalue weighted by molar-refractivity contribution is 0.601. The van der Waals surface area contributed by atoms with E-state index in [1.165, 1.54) is 0 Å². The third-order valence-electron chi connectivity index (χ3n) is 2.24. The van der Waals surface area contributed by atoms with Gasteiger partial charge in [0.05, 0.1) is 10.6 Å². The van der Waals surface area contributed by atoms with Crippen LogP contribution in [-0.2, 0) is 10.0 Å². The predicted octanol–water partition coefficient (Wildman–Crippen LogP) is 3.85. The first-order chi connectivity index (χ1) is 8.49. The fourth-order valence-corrected chi connectivity index (χ4v) is 3.32. The average Bonchev–Trinajstić information content (AvgIpc) is 2.32. The molecular weight excluding hydrogens is 429 g/mol. The molecule has 0 amide bonds. The molecule has 0 aliphatic rings. The SMILES string of the molecule is O=S(=O)(Nc1ccccc1Br)c1ccc(I)cc1. The number of hydrogen-bond acceptors (Lipinski definition) is 2. The second kappa shape index (κ2) is 5.58. The lowest BCUT2D eigenvalue weighted by atomic mass is 10.3. The molecule has 0 saturated heterocycles. The predicted molar refractivity (Wildman–Crippen MR) is 84.1 cm³/mol. The Bertz CT molecular complexity index is 656. The maximum absolute atomic E-state index is 12.1. The van der Waals surface area contributed by atoms with Crippen LogP contribution in [-0.4, -0.2) is 8.42 Å². The van der Waals surface area contributed by atoms with Crippen LogP contribution in [0.25, 0.3) is 0 Å². The molecule has 2 aromatic rings. The van der Waals surface area contributed by atoms with Crippen LogP contribution < -0.4 is 4.72 Å². The Kier molecular flexibility index (Phi) is 4.29. The number of sulfonamides is 1. The Morgan fingerprint density at radius 3 is 2.22 bits per heavy atom. The number of halogens is 2. The van der Waals surface area contributed by atoms with Gasteiger partial charge in [-0.05, 0) is 74.9 Å². The third kappa shape index (κ3) is 3.24. The largest absolute Gasteiger partial charge is 0.278 e. The molecule has 3 nitrogen and oxygen atoms in total. The summed E-state index contributed by atoms with van der Waals surface area (Å²) in [6.07, 6.45) is 0. The van der Waals surface area contributed by atoms with E-state index in [1.807, 2.05) is 6.07 Å². The van der Waals surface area contributed by atoms with Gasteiger partial charge in [0.15, 0.2) is 0 Å². The van der Waals surface area contributed by atoms with E-state index in [4.69, 9.17) is 0 Å². The summed E-state index contributed by atoms with van der Waals surface area (Å²) in [6, 6.07) is 13.8. The van der Waals surface area contributed by atoms with Crippen molar-refractivity contribution in [3.8, 4) is 0 Å². The first kappa shape index (κ1) is 13.8. The van der Waals surface area contributed by atoms with Gasteiger partial charge in [0.25, 0.3) is 10.0 Å². The quantitative estimate of drug-likeness (QED) is 0.741. The smallest absolute Gasteiger partial charge is 0.261 e. The maximum Gasteiger partial charge on any atom is 0.261 e. The summed E-state index contributed by atoms with van der Waals surface area (Å²) < 4.78 is 28.5. The monoisotopic (exact) mass is 437 g/mol. The van der Waals surface area contributed by atoms with Crippen LogP contribution in [0, 0.1) is 3.57 Å². The van der Waals surface area contributed by atoms with Crippen molar-refractivity contribution in [2.24, 2.45) is 0 Å². The Labute approximate surface area is 128 Å². The van der Waals surface area contributed by atoms with Crippen molar-refractivity contribution in [2.75, 3.05) is 4.72 Å². The van der Waals surface area contributed by atoms with Crippen LogP contribution in [0.1, 0.15) is 0 Å². The topological polar surface area (TPSA) is 46.2 Å². The summed E-state index contributed by atoms with van der Waals surface area (Å²) >= 11 is 5.44. The summed E-state index contributed by atoms with van der Waals surface area (Å²) in [5, 5.41) is 0. The maximum atomic E-state index is 12.1. The van der Waals surface area contributed by atoms with Crippen molar-refractivity contribution in [3.05, 3.63) is 56.6 Å². The van der Waals surface area contributed by atoms with Crippen molar-refractivity contribution < 1.29 is 8.42 Å². The van der Waals surface area contributed by atoms with E-state index in [0.29, 0.717) is 10.2 Å². The van der Waals surface area contributed by atoms with Gasteiger partial charge in [-0.3, -0.25) is 4.72 Å². The highest BCUT2D eigenvalue weighted by Gasteiger charge is 2.14. The molecule has 0 saturated carbocycles. The van der Waals surface area contributed by atoms with Crippen LogP contribution >= 0.6 is 38.5 Å². The zero-order valence-corrected chi connectivity index (χ0v) is 13.7. The van der Waals surface area contributed by atoms with E-state index < -0.39 is 10.0 Å². The summed E-state index contributed by atoms with van der Waals surface area (Å²) in [7, 11) is -3.54. The first-order valence-electron chi connectivity index (χ1n) is 5.02.